The molecule has 0 radical (unpaired) electrons. The number of hydrogen-bond donors (Lipinski definition) is 3. The van der Waals surface area contributed by atoms with E-state index in [1.807, 2.05) is 6.07 Å². The van der Waals surface area contributed by atoms with Crippen molar-refractivity contribution < 1.29 is 9.59 Å². The first-order chi connectivity index (χ1) is 11.0. The molecule has 0 bridgehead atoms. The highest BCUT2D eigenvalue weighted by atomic mass is 35.5. The Hall–Kier alpha value is -1.89. The van der Waals surface area contributed by atoms with Crippen LogP contribution in [0.4, 0.5) is 16.2 Å². The van der Waals surface area contributed by atoms with Crippen molar-refractivity contribution in [2.45, 2.75) is 4.90 Å². The van der Waals surface area contributed by atoms with Gasteiger partial charge in [-0.1, -0.05) is 35.3 Å². The van der Waals surface area contributed by atoms with E-state index in [0.717, 1.165) is 4.90 Å². The highest BCUT2D eigenvalue weighted by Crippen LogP contribution is 2.28. The van der Waals surface area contributed by atoms with Crippen LogP contribution >= 0.6 is 35.0 Å². The van der Waals surface area contributed by atoms with Crippen molar-refractivity contribution in [2.24, 2.45) is 5.73 Å². The van der Waals surface area contributed by atoms with Crippen LogP contribution < -0.4 is 16.4 Å². The van der Waals surface area contributed by atoms with Gasteiger partial charge in [-0.3, -0.25) is 4.79 Å². The largest absolute Gasteiger partial charge is 0.369 e. The topological polar surface area (TPSA) is 84.2 Å². The molecule has 0 aliphatic heterocycles. The predicted octanol–water partition coefficient (Wildman–Crippen LogP) is 4.21. The molecule has 2 aromatic rings. The molecule has 0 fully saturated rings. The van der Waals surface area contributed by atoms with E-state index in [1.54, 1.807) is 36.4 Å². The van der Waals surface area contributed by atoms with Crippen molar-refractivity contribution in [3.05, 3.63) is 52.5 Å². The quantitative estimate of drug-likeness (QED) is 0.689. The minimum Gasteiger partial charge on any atom is -0.369 e. The van der Waals surface area contributed by atoms with E-state index in [0.29, 0.717) is 21.4 Å². The minimum absolute atomic E-state index is 0.132. The van der Waals surface area contributed by atoms with Gasteiger partial charge in [-0.25, -0.2) is 4.79 Å². The number of hydrogen-bond acceptors (Lipinski definition) is 3. The normalized spacial score (nSPS) is 10.2. The summed E-state index contributed by atoms with van der Waals surface area (Å²) in [6, 6.07) is 11.5. The molecular weight excluding hydrogens is 357 g/mol. The third-order valence-corrected chi connectivity index (χ3v) is 4.52. The monoisotopic (exact) mass is 369 g/mol. The van der Waals surface area contributed by atoms with E-state index < -0.39 is 11.9 Å². The van der Waals surface area contributed by atoms with Crippen LogP contribution in [0, 0.1) is 0 Å². The molecule has 23 heavy (non-hydrogen) atoms. The Kier molecular flexibility index (Phi) is 6.15. The van der Waals surface area contributed by atoms with Crippen LogP contribution in [0.3, 0.4) is 0 Å². The lowest BCUT2D eigenvalue weighted by Gasteiger charge is -2.11. The summed E-state index contributed by atoms with van der Waals surface area (Å²) in [6.45, 7) is 0. The molecule has 4 N–H and O–H groups in total. The summed E-state index contributed by atoms with van der Waals surface area (Å²) in [5.74, 6) is -0.294. The molecule has 0 unspecified atom stereocenters. The highest BCUT2D eigenvalue weighted by Gasteiger charge is 2.09. The highest BCUT2D eigenvalue weighted by molar-refractivity contribution is 8.00. The predicted molar refractivity (Wildman–Crippen MR) is 95.5 cm³/mol. The molecule has 0 saturated heterocycles. The van der Waals surface area contributed by atoms with Gasteiger partial charge >= 0.3 is 6.03 Å². The summed E-state index contributed by atoms with van der Waals surface area (Å²) in [4.78, 5) is 23.7. The van der Waals surface area contributed by atoms with Crippen LogP contribution in [-0.4, -0.2) is 17.7 Å². The lowest BCUT2D eigenvalue weighted by molar-refractivity contribution is -0.115. The summed E-state index contributed by atoms with van der Waals surface area (Å²) in [5, 5.41) is 6.13. The van der Waals surface area contributed by atoms with E-state index in [4.69, 9.17) is 28.9 Å². The molecule has 0 spiro atoms. The van der Waals surface area contributed by atoms with Gasteiger partial charge in [0.15, 0.2) is 0 Å². The van der Waals surface area contributed by atoms with Gasteiger partial charge in [-0.15, -0.1) is 11.8 Å². The number of thioether (sulfide) groups is 1. The van der Waals surface area contributed by atoms with E-state index in [-0.39, 0.29) is 5.75 Å². The number of nitrogens with one attached hydrogen (secondary N) is 2. The van der Waals surface area contributed by atoms with E-state index >= 15 is 0 Å². The maximum Gasteiger partial charge on any atom is 0.323 e. The molecule has 0 saturated carbocycles. The van der Waals surface area contributed by atoms with E-state index in [9.17, 15) is 9.59 Å². The molecule has 2 rings (SSSR count). The minimum atomic E-state index is -0.435. The third-order valence-electron chi connectivity index (χ3n) is 2.68. The van der Waals surface area contributed by atoms with Gasteiger partial charge in [0.2, 0.25) is 5.91 Å². The number of rotatable bonds is 5. The Morgan fingerprint density at radius 1 is 1.04 bits per heavy atom. The summed E-state index contributed by atoms with van der Waals surface area (Å²) in [5.41, 5.74) is 6.23. The third kappa shape index (κ3) is 5.35. The molecular formula is C15H13Cl2N3O2S. The number of anilines is 2. The van der Waals surface area contributed by atoms with Crippen molar-refractivity contribution in [1.29, 1.82) is 0 Å². The van der Waals surface area contributed by atoms with Crippen molar-refractivity contribution >= 4 is 58.3 Å². The first-order valence-corrected chi connectivity index (χ1v) is 8.23. The number of benzene rings is 2. The molecule has 0 heterocycles. The number of carbonyl (C=O) groups excluding carboxylic acids is 2. The lowest BCUT2D eigenvalue weighted by atomic mass is 10.3. The van der Waals surface area contributed by atoms with Crippen molar-refractivity contribution in [3.8, 4) is 0 Å². The second-order valence-electron chi connectivity index (χ2n) is 4.46. The maximum absolute atomic E-state index is 12.1. The van der Waals surface area contributed by atoms with Crippen LogP contribution in [0.2, 0.25) is 10.0 Å². The molecule has 0 aromatic heterocycles. The molecule has 0 aliphatic rings. The Morgan fingerprint density at radius 2 is 1.78 bits per heavy atom. The second-order valence-corrected chi connectivity index (χ2v) is 6.29. The van der Waals surface area contributed by atoms with Crippen molar-refractivity contribution in [3.63, 3.8) is 0 Å². The van der Waals surface area contributed by atoms with Gasteiger partial charge in [-0.2, -0.15) is 0 Å². The van der Waals surface area contributed by atoms with E-state index in [2.05, 4.69) is 10.6 Å². The van der Waals surface area contributed by atoms with Crippen molar-refractivity contribution in [1.82, 2.24) is 0 Å². The van der Waals surface area contributed by atoms with Crippen LogP contribution in [0.15, 0.2) is 47.4 Å². The van der Waals surface area contributed by atoms with Gasteiger partial charge in [0.1, 0.15) is 0 Å². The fourth-order valence-corrected chi connectivity index (χ4v) is 2.75. The smallest absolute Gasteiger partial charge is 0.323 e. The Labute approximate surface area is 147 Å². The zero-order valence-corrected chi connectivity index (χ0v) is 14.1. The molecule has 8 heteroatoms. The van der Waals surface area contributed by atoms with Gasteiger partial charge in [0.25, 0.3) is 0 Å². The molecule has 0 atom stereocenters. The lowest BCUT2D eigenvalue weighted by Crippen LogP contribution is -2.20. The number of halogens is 2. The number of amides is 3. The van der Waals surface area contributed by atoms with Gasteiger partial charge in [0.05, 0.1) is 21.5 Å². The van der Waals surface area contributed by atoms with Crippen LogP contribution in [-0.2, 0) is 4.79 Å². The number of urea groups is 1. The average molecular weight is 370 g/mol. The molecule has 2 aromatic carbocycles. The SMILES string of the molecule is NC(=O)CSc1ccccc1NC(=O)Nc1ccc(Cl)c(Cl)c1. The van der Waals surface area contributed by atoms with Crippen LogP contribution in [0.1, 0.15) is 0 Å². The summed E-state index contributed by atoms with van der Waals surface area (Å²) in [7, 11) is 0. The standard InChI is InChI=1S/C15H13Cl2N3O2S/c16-10-6-5-9(7-11(10)17)19-15(22)20-12-3-1-2-4-13(12)23-8-14(18)21/h1-7H,8H2,(H2,18,21)(H2,19,20,22). The van der Waals surface area contributed by atoms with Gasteiger partial charge in [0, 0.05) is 10.6 Å². The second kappa shape index (κ2) is 8.10. The Morgan fingerprint density at radius 3 is 2.48 bits per heavy atom. The zero-order chi connectivity index (χ0) is 16.8. The Bertz CT molecular complexity index is 740. The fraction of sp³-hybridized carbons (Fsp3) is 0.0667. The molecule has 3 amide bonds. The summed E-state index contributed by atoms with van der Waals surface area (Å²) < 4.78 is 0. The van der Waals surface area contributed by atoms with E-state index in [1.165, 1.54) is 11.8 Å². The average Bonchev–Trinajstić information content (AvgIpc) is 2.50. The van der Waals surface area contributed by atoms with Gasteiger partial charge < -0.3 is 16.4 Å². The molecule has 0 aliphatic carbocycles. The maximum atomic E-state index is 12.1. The number of carbonyl (C=O) groups is 2. The first-order valence-electron chi connectivity index (χ1n) is 6.49. The summed E-state index contributed by atoms with van der Waals surface area (Å²) in [6.07, 6.45) is 0. The van der Waals surface area contributed by atoms with Crippen molar-refractivity contribution in [2.75, 3.05) is 16.4 Å². The fourth-order valence-electron chi connectivity index (χ4n) is 1.70. The number of nitrogens with two attached hydrogens (primary N) is 1. The van der Waals surface area contributed by atoms with Crippen LogP contribution in [0.25, 0.3) is 0 Å². The number of para-hydroxylation sites is 1. The van der Waals surface area contributed by atoms with Crippen LogP contribution in [0.5, 0.6) is 0 Å². The number of primary amides is 1. The Balaban J connectivity index is 2.05. The molecule has 5 nitrogen and oxygen atoms in total. The molecule has 120 valence electrons. The first kappa shape index (κ1) is 17.5. The van der Waals surface area contributed by atoms with Gasteiger partial charge in [-0.05, 0) is 30.3 Å². The zero-order valence-electron chi connectivity index (χ0n) is 11.8. The summed E-state index contributed by atoms with van der Waals surface area (Å²) >= 11 is 13.0.